The minimum absolute atomic E-state index is 0.0292. The zero-order valence-electron chi connectivity index (χ0n) is 22.0. The van der Waals surface area contributed by atoms with E-state index in [1.165, 1.54) is 23.5 Å². The Kier molecular flexibility index (Phi) is 10.1. The van der Waals surface area contributed by atoms with Crippen LogP contribution in [0.1, 0.15) is 78.5 Å². The van der Waals surface area contributed by atoms with Crippen LogP contribution in [0.15, 0.2) is 42.5 Å². The number of thiazole rings is 1. The van der Waals surface area contributed by atoms with Crippen LogP contribution in [0.25, 0.3) is 10.6 Å². The SMILES string of the molecule is CCCc1cc(C(=O)CCc2sc(-c3ccc(C(F)(F)F)cc3)nc2C(C)C)ccc1OCC(=O)OCC. The van der Waals surface area contributed by atoms with E-state index in [0.29, 0.717) is 34.7 Å². The van der Waals surface area contributed by atoms with Crippen LogP contribution in [0.2, 0.25) is 0 Å². The number of benzene rings is 2. The van der Waals surface area contributed by atoms with E-state index in [4.69, 9.17) is 14.5 Å². The van der Waals surface area contributed by atoms with Crippen molar-refractivity contribution in [2.75, 3.05) is 13.2 Å². The summed E-state index contributed by atoms with van der Waals surface area (Å²) < 4.78 is 49.3. The lowest BCUT2D eigenvalue weighted by molar-refractivity contribution is -0.145. The highest BCUT2D eigenvalue weighted by atomic mass is 32.1. The molecule has 5 nitrogen and oxygen atoms in total. The lowest BCUT2D eigenvalue weighted by atomic mass is 9.99. The van der Waals surface area contributed by atoms with Gasteiger partial charge >= 0.3 is 12.1 Å². The highest BCUT2D eigenvalue weighted by Crippen LogP contribution is 2.35. The van der Waals surface area contributed by atoms with Crippen LogP contribution in [-0.2, 0) is 28.5 Å². The Morgan fingerprint density at radius 3 is 2.34 bits per heavy atom. The number of nitrogens with zero attached hydrogens (tertiary/aromatic N) is 1. The van der Waals surface area contributed by atoms with E-state index in [0.717, 1.165) is 34.7 Å². The van der Waals surface area contributed by atoms with Crippen LogP contribution in [-0.4, -0.2) is 30.0 Å². The third-order valence-corrected chi connectivity index (χ3v) is 7.05. The maximum atomic E-state index is 13.1. The lowest BCUT2D eigenvalue weighted by Crippen LogP contribution is -2.15. The van der Waals surface area contributed by atoms with Gasteiger partial charge in [0, 0.05) is 22.4 Å². The monoisotopic (exact) mass is 547 g/mol. The van der Waals surface area contributed by atoms with Gasteiger partial charge in [0.25, 0.3) is 0 Å². The topological polar surface area (TPSA) is 65.5 Å². The second-order valence-corrected chi connectivity index (χ2v) is 10.2. The van der Waals surface area contributed by atoms with E-state index >= 15 is 0 Å². The van der Waals surface area contributed by atoms with Crippen molar-refractivity contribution in [2.45, 2.75) is 65.5 Å². The lowest BCUT2D eigenvalue weighted by Gasteiger charge is -2.12. The molecule has 0 aliphatic carbocycles. The Morgan fingerprint density at radius 1 is 1.03 bits per heavy atom. The number of aryl methyl sites for hydroxylation is 2. The van der Waals surface area contributed by atoms with Crippen molar-refractivity contribution in [1.82, 2.24) is 4.98 Å². The molecule has 1 aromatic heterocycles. The van der Waals surface area contributed by atoms with Crippen LogP contribution in [0, 0.1) is 0 Å². The second kappa shape index (κ2) is 13.0. The van der Waals surface area contributed by atoms with Gasteiger partial charge in [0.15, 0.2) is 12.4 Å². The number of Topliss-reactive ketones (excluding diaryl/α,β-unsaturated/α-hetero) is 1. The van der Waals surface area contributed by atoms with Gasteiger partial charge in [-0.3, -0.25) is 4.79 Å². The maximum Gasteiger partial charge on any atom is 0.416 e. The molecular formula is C29H32F3NO4S. The summed E-state index contributed by atoms with van der Waals surface area (Å²) in [5.41, 5.74) is 2.19. The second-order valence-electron chi connectivity index (χ2n) is 9.15. The van der Waals surface area contributed by atoms with Crippen LogP contribution in [0.3, 0.4) is 0 Å². The van der Waals surface area contributed by atoms with E-state index in [1.54, 1.807) is 19.1 Å². The zero-order valence-corrected chi connectivity index (χ0v) is 22.8. The Labute approximate surface area is 225 Å². The van der Waals surface area contributed by atoms with Gasteiger partial charge in [-0.25, -0.2) is 9.78 Å². The highest BCUT2D eigenvalue weighted by Gasteiger charge is 2.30. The van der Waals surface area contributed by atoms with Crippen molar-refractivity contribution in [3.63, 3.8) is 0 Å². The molecule has 0 aliphatic heterocycles. The van der Waals surface area contributed by atoms with Crippen LogP contribution < -0.4 is 4.74 Å². The fourth-order valence-electron chi connectivity index (χ4n) is 3.99. The summed E-state index contributed by atoms with van der Waals surface area (Å²) in [6, 6.07) is 10.2. The summed E-state index contributed by atoms with van der Waals surface area (Å²) in [5.74, 6) is 0.184. The summed E-state index contributed by atoms with van der Waals surface area (Å²) in [6.07, 6.45) is -2.10. The summed E-state index contributed by atoms with van der Waals surface area (Å²) >= 11 is 1.41. The molecule has 0 fully saturated rings. The standard InChI is InChI=1S/C29H32F3NO4S/c1-5-7-21-16-20(10-14-24(21)37-17-26(35)36-6-2)23(34)13-15-25-27(18(3)4)33-28(38-25)19-8-11-22(12-9-19)29(30,31)32/h8-12,14,16,18H,5-7,13,15,17H2,1-4H3. The molecule has 0 aliphatic rings. The van der Waals surface area contributed by atoms with E-state index in [2.05, 4.69) is 0 Å². The Bertz CT molecular complexity index is 1250. The molecule has 0 saturated heterocycles. The number of ether oxygens (including phenoxy) is 2. The largest absolute Gasteiger partial charge is 0.482 e. The minimum Gasteiger partial charge on any atom is -0.482 e. The van der Waals surface area contributed by atoms with Gasteiger partial charge in [-0.1, -0.05) is 39.3 Å². The maximum absolute atomic E-state index is 13.1. The van der Waals surface area contributed by atoms with Gasteiger partial charge < -0.3 is 9.47 Å². The smallest absolute Gasteiger partial charge is 0.416 e. The first kappa shape index (κ1) is 29.4. The van der Waals surface area contributed by atoms with Crippen molar-refractivity contribution in [3.8, 4) is 16.3 Å². The average molecular weight is 548 g/mol. The number of ketones is 1. The number of aromatic nitrogens is 1. The number of hydrogen-bond donors (Lipinski definition) is 0. The molecule has 0 atom stereocenters. The van der Waals surface area contributed by atoms with Crippen LogP contribution >= 0.6 is 11.3 Å². The van der Waals surface area contributed by atoms with Gasteiger partial charge in [-0.15, -0.1) is 11.3 Å². The highest BCUT2D eigenvalue weighted by molar-refractivity contribution is 7.15. The van der Waals surface area contributed by atoms with E-state index < -0.39 is 17.7 Å². The molecule has 0 amide bonds. The first-order valence-corrected chi connectivity index (χ1v) is 13.5. The quantitative estimate of drug-likeness (QED) is 0.172. The molecule has 0 bridgehead atoms. The molecule has 9 heteroatoms. The number of esters is 1. The van der Waals surface area contributed by atoms with Crippen LogP contribution in [0.4, 0.5) is 13.2 Å². The first-order chi connectivity index (χ1) is 18.0. The fraction of sp³-hybridized carbons (Fsp3) is 0.414. The molecule has 38 heavy (non-hydrogen) atoms. The number of hydrogen-bond acceptors (Lipinski definition) is 6. The molecule has 0 radical (unpaired) electrons. The molecule has 204 valence electrons. The molecule has 0 spiro atoms. The summed E-state index contributed by atoms with van der Waals surface area (Å²) in [7, 11) is 0. The number of carbonyl (C=O) groups is 2. The summed E-state index contributed by atoms with van der Waals surface area (Å²) in [6.45, 7) is 7.85. The number of carbonyl (C=O) groups excluding carboxylic acids is 2. The summed E-state index contributed by atoms with van der Waals surface area (Å²) in [5, 5.41) is 0.637. The Morgan fingerprint density at radius 2 is 1.74 bits per heavy atom. The van der Waals surface area contributed by atoms with Gasteiger partial charge in [0.1, 0.15) is 10.8 Å². The van der Waals surface area contributed by atoms with E-state index in [9.17, 15) is 22.8 Å². The van der Waals surface area contributed by atoms with Crippen molar-refractivity contribution < 1.29 is 32.2 Å². The van der Waals surface area contributed by atoms with Crippen molar-refractivity contribution in [2.24, 2.45) is 0 Å². The zero-order chi connectivity index (χ0) is 27.9. The van der Waals surface area contributed by atoms with Gasteiger partial charge in [0.05, 0.1) is 17.9 Å². The number of halogens is 3. The predicted molar refractivity (Wildman–Crippen MR) is 142 cm³/mol. The third kappa shape index (κ3) is 7.66. The molecule has 0 N–H and O–H groups in total. The van der Waals surface area contributed by atoms with Crippen molar-refractivity contribution in [1.29, 1.82) is 0 Å². The van der Waals surface area contributed by atoms with Crippen LogP contribution in [0.5, 0.6) is 5.75 Å². The minimum atomic E-state index is -4.39. The fourth-order valence-corrected chi connectivity index (χ4v) is 5.21. The van der Waals surface area contributed by atoms with Crippen molar-refractivity contribution >= 4 is 23.1 Å². The van der Waals surface area contributed by atoms with Crippen molar-refractivity contribution in [3.05, 3.63) is 69.7 Å². The van der Waals surface area contributed by atoms with Gasteiger partial charge in [0.2, 0.25) is 0 Å². The molecule has 2 aromatic carbocycles. The molecule has 3 rings (SSSR count). The molecule has 1 heterocycles. The van der Waals surface area contributed by atoms with E-state index in [1.807, 2.05) is 26.8 Å². The Hall–Kier alpha value is -3.20. The number of alkyl halides is 3. The molecule has 0 unspecified atom stereocenters. The molecular weight excluding hydrogens is 515 g/mol. The normalized spacial score (nSPS) is 11.6. The van der Waals surface area contributed by atoms with Gasteiger partial charge in [-0.05, 0) is 61.6 Å². The third-order valence-electron chi connectivity index (χ3n) is 5.87. The van der Waals surface area contributed by atoms with E-state index in [-0.39, 0.29) is 31.3 Å². The molecule has 0 saturated carbocycles. The average Bonchev–Trinajstić information content (AvgIpc) is 3.31. The predicted octanol–water partition coefficient (Wildman–Crippen LogP) is 7.66. The summed E-state index contributed by atoms with van der Waals surface area (Å²) in [4.78, 5) is 30.4. The Balaban J connectivity index is 1.74. The molecule has 3 aromatic rings. The number of rotatable bonds is 12. The van der Waals surface area contributed by atoms with Gasteiger partial charge in [-0.2, -0.15) is 13.2 Å². The first-order valence-electron chi connectivity index (χ1n) is 12.6.